The minimum Gasteiger partial charge on any atom is -0.360 e. The molecule has 0 saturated heterocycles. The van der Waals surface area contributed by atoms with Crippen LogP contribution in [0.25, 0.3) is 22.2 Å². The smallest absolute Gasteiger partial charge is 0.0992 e. The zero-order chi connectivity index (χ0) is 12.5. The van der Waals surface area contributed by atoms with Crippen LogP contribution in [0.3, 0.4) is 0 Å². The van der Waals surface area contributed by atoms with E-state index in [4.69, 9.17) is 5.26 Å². The molecule has 3 aromatic rings. The van der Waals surface area contributed by atoms with Gasteiger partial charge in [-0.25, -0.2) is 0 Å². The zero-order valence-corrected chi connectivity index (χ0v) is 9.94. The first kappa shape index (κ1) is 10.5. The van der Waals surface area contributed by atoms with Gasteiger partial charge in [0.15, 0.2) is 0 Å². The maximum absolute atomic E-state index is 8.88. The number of nitrogens with zero attached hydrogens (tertiary/aromatic N) is 2. The first-order chi connectivity index (χ1) is 8.78. The van der Waals surface area contributed by atoms with E-state index in [0.717, 1.165) is 27.9 Å². The minimum atomic E-state index is 0.660. The molecule has 0 saturated carbocycles. The second-order valence-electron chi connectivity index (χ2n) is 4.24. The molecule has 0 aliphatic heterocycles. The molecule has 0 atom stereocenters. The van der Waals surface area contributed by atoms with Gasteiger partial charge in [0, 0.05) is 28.4 Å². The molecule has 3 nitrogen and oxygen atoms in total. The van der Waals surface area contributed by atoms with Crippen LogP contribution in [-0.2, 0) is 0 Å². The lowest BCUT2D eigenvalue weighted by Crippen LogP contribution is -1.84. The number of aryl methyl sites for hydroxylation is 1. The zero-order valence-electron chi connectivity index (χ0n) is 9.94. The summed E-state index contributed by atoms with van der Waals surface area (Å²) >= 11 is 0. The Kier molecular flexibility index (Phi) is 2.35. The van der Waals surface area contributed by atoms with Gasteiger partial charge in [-0.2, -0.15) is 5.26 Å². The molecule has 0 bridgehead atoms. The van der Waals surface area contributed by atoms with E-state index in [1.165, 1.54) is 0 Å². The predicted molar refractivity (Wildman–Crippen MR) is 71.0 cm³/mol. The number of nitrogens with one attached hydrogen (secondary N) is 1. The Balaban J connectivity index is 2.22. The van der Waals surface area contributed by atoms with Gasteiger partial charge in [-0.3, -0.25) is 4.98 Å². The number of rotatable bonds is 1. The topological polar surface area (TPSA) is 52.5 Å². The lowest BCUT2D eigenvalue weighted by atomic mass is 10.1. The average molecular weight is 233 g/mol. The van der Waals surface area contributed by atoms with Gasteiger partial charge in [0.2, 0.25) is 0 Å². The molecule has 0 radical (unpaired) electrons. The van der Waals surface area contributed by atoms with Gasteiger partial charge in [-0.05, 0) is 31.2 Å². The van der Waals surface area contributed by atoms with E-state index in [-0.39, 0.29) is 0 Å². The van der Waals surface area contributed by atoms with Gasteiger partial charge in [-0.1, -0.05) is 12.1 Å². The molecular formula is C15H11N3. The highest BCUT2D eigenvalue weighted by Crippen LogP contribution is 2.27. The number of aromatic amines is 1. The number of H-pyrrole nitrogens is 1. The van der Waals surface area contributed by atoms with Crippen LogP contribution in [0.1, 0.15) is 11.3 Å². The fraction of sp³-hybridized carbons (Fsp3) is 0.0667. The van der Waals surface area contributed by atoms with Crippen molar-refractivity contribution in [2.45, 2.75) is 6.92 Å². The number of pyridine rings is 1. The van der Waals surface area contributed by atoms with Crippen molar-refractivity contribution in [3.63, 3.8) is 0 Å². The monoisotopic (exact) mass is 233 g/mol. The second kappa shape index (κ2) is 4.01. The Morgan fingerprint density at radius 2 is 2.11 bits per heavy atom. The molecule has 1 aromatic carbocycles. The van der Waals surface area contributed by atoms with Crippen molar-refractivity contribution >= 4 is 10.9 Å². The average Bonchev–Trinajstić information content (AvgIpc) is 2.81. The van der Waals surface area contributed by atoms with Crippen molar-refractivity contribution in [3.05, 3.63) is 53.9 Å². The van der Waals surface area contributed by atoms with E-state index in [1.807, 2.05) is 49.5 Å². The fourth-order valence-electron chi connectivity index (χ4n) is 2.10. The summed E-state index contributed by atoms with van der Waals surface area (Å²) in [5.74, 6) is 0. The van der Waals surface area contributed by atoms with Crippen LogP contribution < -0.4 is 0 Å². The molecule has 1 N–H and O–H groups in total. The summed E-state index contributed by atoms with van der Waals surface area (Å²) in [5, 5.41) is 9.97. The van der Waals surface area contributed by atoms with Gasteiger partial charge in [0.05, 0.1) is 17.3 Å². The normalized spacial score (nSPS) is 10.4. The van der Waals surface area contributed by atoms with E-state index in [1.54, 1.807) is 0 Å². The lowest BCUT2D eigenvalue weighted by Gasteiger charge is -2.00. The Bertz CT molecular complexity index is 763. The van der Waals surface area contributed by atoms with Gasteiger partial charge < -0.3 is 4.98 Å². The second-order valence-corrected chi connectivity index (χ2v) is 4.24. The van der Waals surface area contributed by atoms with Crippen LogP contribution in [0.5, 0.6) is 0 Å². The highest BCUT2D eigenvalue weighted by Gasteiger charge is 2.07. The van der Waals surface area contributed by atoms with Crippen LogP contribution in [-0.4, -0.2) is 9.97 Å². The fourth-order valence-corrected chi connectivity index (χ4v) is 2.10. The number of hydrogen-bond acceptors (Lipinski definition) is 2. The van der Waals surface area contributed by atoms with Crippen LogP contribution in [0, 0.1) is 18.3 Å². The third kappa shape index (κ3) is 1.64. The summed E-state index contributed by atoms with van der Waals surface area (Å²) in [6, 6.07) is 13.8. The van der Waals surface area contributed by atoms with Gasteiger partial charge in [0.1, 0.15) is 0 Å². The molecule has 0 unspecified atom stereocenters. The van der Waals surface area contributed by atoms with Gasteiger partial charge in [0.25, 0.3) is 0 Å². The first-order valence-electron chi connectivity index (χ1n) is 5.73. The standard InChI is InChI=1S/C15H11N3/c1-10-3-2-4-14(18-10)13-9-17-15-7-11(8-16)5-6-12(13)15/h2-7,9,17H,1H3. The summed E-state index contributed by atoms with van der Waals surface area (Å²) < 4.78 is 0. The molecule has 3 heteroatoms. The highest BCUT2D eigenvalue weighted by atomic mass is 14.7. The SMILES string of the molecule is Cc1cccc(-c2c[nH]c3cc(C#N)ccc23)n1. The van der Waals surface area contributed by atoms with Crippen molar-refractivity contribution in [1.82, 2.24) is 9.97 Å². The van der Waals surface area contributed by atoms with E-state index in [2.05, 4.69) is 16.0 Å². The molecule has 0 aliphatic rings. The third-order valence-corrected chi connectivity index (χ3v) is 2.98. The highest BCUT2D eigenvalue weighted by molar-refractivity contribution is 5.95. The molecule has 0 aliphatic carbocycles. The minimum absolute atomic E-state index is 0.660. The Morgan fingerprint density at radius 3 is 2.89 bits per heavy atom. The van der Waals surface area contributed by atoms with Crippen LogP contribution >= 0.6 is 0 Å². The number of fused-ring (bicyclic) bond motifs is 1. The van der Waals surface area contributed by atoms with Crippen molar-refractivity contribution < 1.29 is 0 Å². The maximum Gasteiger partial charge on any atom is 0.0992 e. The Labute approximate surface area is 105 Å². The number of benzene rings is 1. The molecule has 2 aromatic heterocycles. The first-order valence-corrected chi connectivity index (χ1v) is 5.73. The van der Waals surface area contributed by atoms with E-state index < -0.39 is 0 Å². The third-order valence-electron chi connectivity index (χ3n) is 2.98. The van der Waals surface area contributed by atoms with E-state index in [9.17, 15) is 0 Å². The predicted octanol–water partition coefficient (Wildman–Crippen LogP) is 3.41. The van der Waals surface area contributed by atoms with E-state index in [0.29, 0.717) is 5.56 Å². The van der Waals surface area contributed by atoms with Crippen LogP contribution in [0.2, 0.25) is 0 Å². The molecule has 3 rings (SSSR count). The van der Waals surface area contributed by atoms with Crippen molar-refractivity contribution in [1.29, 1.82) is 5.26 Å². The lowest BCUT2D eigenvalue weighted by molar-refractivity contribution is 1.21. The summed E-state index contributed by atoms with van der Waals surface area (Å²) in [7, 11) is 0. The van der Waals surface area contributed by atoms with Crippen molar-refractivity contribution in [3.8, 4) is 17.3 Å². The molecule has 2 heterocycles. The molecule has 0 spiro atoms. The largest absolute Gasteiger partial charge is 0.360 e. The summed E-state index contributed by atoms with van der Waals surface area (Å²) in [4.78, 5) is 7.71. The quantitative estimate of drug-likeness (QED) is 0.700. The number of hydrogen-bond donors (Lipinski definition) is 1. The van der Waals surface area contributed by atoms with Crippen LogP contribution in [0.15, 0.2) is 42.6 Å². The molecule has 0 fully saturated rings. The summed E-state index contributed by atoms with van der Waals surface area (Å²) in [5.41, 5.74) is 4.64. The van der Waals surface area contributed by atoms with Crippen molar-refractivity contribution in [2.24, 2.45) is 0 Å². The maximum atomic E-state index is 8.88. The van der Waals surface area contributed by atoms with Gasteiger partial charge >= 0.3 is 0 Å². The molecule has 0 amide bonds. The number of nitriles is 1. The van der Waals surface area contributed by atoms with Crippen LogP contribution in [0.4, 0.5) is 0 Å². The van der Waals surface area contributed by atoms with Crippen molar-refractivity contribution in [2.75, 3.05) is 0 Å². The van der Waals surface area contributed by atoms with E-state index >= 15 is 0 Å². The number of aromatic nitrogens is 2. The molecule has 86 valence electrons. The Morgan fingerprint density at radius 1 is 1.22 bits per heavy atom. The summed E-state index contributed by atoms with van der Waals surface area (Å²) in [6.07, 6.45) is 1.94. The van der Waals surface area contributed by atoms with Gasteiger partial charge in [-0.15, -0.1) is 0 Å². The molecule has 18 heavy (non-hydrogen) atoms. The Hall–Kier alpha value is -2.60. The molecular weight excluding hydrogens is 222 g/mol. The summed E-state index contributed by atoms with van der Waals surface area (Å²) in [6.45, 7) is 1.98.